The summed E-state index contributed by atoms with van der Waals surface area (Å²) in [6.45, 7) is 0. The highest BCUT2D eigenvalue weighted by molar-refractivity contribution is 9.10. The molecule has 0 bridgehead atoms. The number of aromatic nitrogens is 2. The standard InChI is InChI=1S/C18H14BrF2N3O3S/c1-26-12-4-2-10(3-5-12)6-16-23-24-18(27-16)28-9-15(25)22-17-13(19)7-11(20)8-14(17)21/h2-5,7-8H,6,9H2,1H3,(H,22,25). The number of ether oxygens (including phenoxy) is 1. The van der Waals surface area contributed by atoms with Crippen LogP contribution in [0.15, 0.2) is 50.5 Å². The average molecular weight is 470 g/mol. The minimum atomic E-state index is -0.871. The fourth-order valence-corrected chi connectivity index (χ4v) is 3.34. The van der Waals surface area contributed by atoms with Crippen LogP contribution in [0.5, 0.6) is 5.75 Å². The smallest absolute Gasteiger partial charge is 0.277 e. The Balaban J connectivity index is 1.54. The number of carbonyl (C=O) groups excluding carboxylic acids is 1. The van der Waals surface area contributed by atoms with Crippen LogP contribution < -0.4 is 10.1 Å². The second kappa shape index (κ2) is 9.16. The van der Waals surface area contributed by atoms with Crippen LogP contribution in [0.25, 0.3) is 0 Å². The number of benzene rings is 2. The van der Waals surface area contributed by atoms with Gasteiger partial charge in [0, 0.05) is 10.5 Å². The van der Waals surface area contributed by atoms with Gasteiger partial charge >= 0.3 is 0 Å². The van der Waals surface area contributed by atoms with E-state index >= 15 is 0 Å². The minimum Gasteiger partial charge on any atom is -0.497 e. The van der Waals surface area contributed by atoms with Crippen molar-refractivity contribution >= 4 is 39.3 Å². The normalized spacial score (nSPS) is 10.7. The summed E-state index contributed by atoms with van der Waals surface area (Å²) in [6, 6.07) is 9.19. The van der Waals surface area contributed by atoms with Crippen LogP contribution >= 0.6 is 27.7 Å². The van der Waals surface area contributed by atoms with Crippen molar-refractivity contribution in [1.82, 2.24) is 10.2 Å². The molecule has 3 aromatic rings. The lowest BCUT2D eigenvalue weighted by molar-refractivity contribution is -0.113. The molecule has 0 saturated carbocycles. The van der Waals surface area contributed by atoms with Crippen molar-refractivity contribution in [1.29, 1.82) is 0 Å². The summed E-state index contributed by atoms with van der Waals surface area (Å²) in [7, 11) is 1.59. The van der Waals surface area contributed by atoms with Gasteiger partial charge in [-0.1, -0.05) is 23.9 Å². The number of methoxy groups -OCH3 is 1. The van der Waals surface area contributed by atoms with E-state index in [9.17, 15) is 13.6 Å². The Bertz CT molecular complexity index is 959. The van der Waals surface area contributed by atoms with Crippen molar-refractivity contribution in [2.45, 2.75) is 11.6 Å². The predicted octanol–water partition coefficient (Wildman–Crippen LogP) is 4.44. The number of nitrogens with one attached hydrogen (secondary N) is 1. The summed E-state index contributed by atoms with van der Waals surface area (Å²) < 4.78 is 37.6. The van der Waals surface area contributed by atoms with E-state index in [1.165, 1.54) is 0 Å². The molecule has 10 heteroatoms. The zero-order valence-electron chi connectivity index (χ0n) is 14.5. The van der Waals surface area contributed by atoms with Gasteiger partial charge in [-0.05, 0) is 39.7 Å². The number of rotatable bonds is 7. The van der Waals surface area contributed by atoms with E-state index in [0.717, 1.165) is 29.1 Å². The molecule has 146 valence electrons. The summed E-state index contributed by atoms with van der Waals surface area (Å²) >= 11 is 4.03. The molecular formula is C18H14BrF2N3O3S. The van der Waals surface area contributed by atoms with Crippen molar-refractivity contribution < 1.29 is 22.7 Å². The molecule has 28 heavy (non-hydrogen) atoms. The third kappa shape index (κ3) is 5.29. The van der Waals surface area contributed by atoms with Crippen LogP contribution in [0.2, 0.25) is 0 Å². The van der Waals surface area contributed by atoms with Crippen molar-refractivity contribution in [2.75, 3.05) is 18.2 Å². The van der Waals surface area contributed by atoms with Gasteiger partial charge in [0.2, 0.25) is 11.8 Å². The molecule has 0 unspecified atom stereocenters. The van der Waals surface area contributed by atoms with Crippen LogP contribution in [0.3, 0.4) is 0 Å². The number of hydrogen-bond donors (Lipinski definition) is 1. The highest BCUT2D eigenvalue weighted by Gasteiger charge is 2.15. The number of hydrogen-bond acceptors (Lipinski definition) is 6. The zero-order valence-corrected chi connectivity index (χ0v) is 16.9. The van der Waals surface area contributed by atoms with Gasteiger partial charge in [-0.3, -0.25) is 4.79 Å². The van der Waals surface area contributed by atoms with Gasteiger partial charge in [-0.2, -0.15) is 0 Å². The summed E-state index contributed by atoms with van der Waals surface area (Å²) in [5, 5.41) is 10.4. The number of nitrogens with zero attached hydrogens (tertiary/aromatic N) is 2. The fraction of sp³-hybridized carbons (Fsp3) is 0.167. The Labute approximate surface area is 171 Å². The third-order valence-electron chi connectivity index (χ3n) is 3.56. The highest BCUT2D eigenvalue weighted by atomic mass is 79.9. The van der Waals surface area contributed by atoms with Gasteiger partial charge in [0.1, 0.15) is 11.6 Å². The van der Waals surface area contributed by atoms with E-state index in [-0.39, 0.29) is 21.1 Å². The number of halogens is 3. The predicted molar refractivity (Wildman–Crippen MR) is 104 cm³/mol. The number of amides is 1. The maximum Gasteiger partial charge on any atom is 0.277 e. The van der Waals surface area contributed by atoms with Gasteiger partial charge in [-0.15, -0.1) is 10.2 Å². The highest BCUT2D eigenvalue weighted by Crippen LogP contribution is 2.27. The van der Waals surface area contributed by atoms with E-state index in [0.29, 0.717) is 18.4 Å². The van der Waals surface area contributed by atoms with Crippen molar-refractivity contribution in [3.8, 4) is 5.75 Å². The van der Waals surface area contributed by atoms with Crippen LogP contribution in [0.1, 0.15) is 11.5 Å². The quantitative estimate of drug-likeness (QED) is 0.515. The minimum absolute atomic E-state index is 0.0760. The second-order valence-electron chi connectivity index (χ2n) is 5.57. The molecule has 1 heterocycles. The lowest BCUT2D eigenvalue weighted by Gasteiger charge is -2.08. The van der Waals surface area contributed by atoms with E-state index in [1.54, 1.807) is 7.11 Å². The molecule has 0 radical (unpaired) electrons. The fourth-order valence-electron chi connectivity index (χ4n) is 2.25. The van der Waals surface area contributed by atoms with Crippen molar-refractivity contribution in [3.63, 3.8) is 0 Å². The Hall–Kier alpha value is -2.46. The first-order valence-corrected chi connectivity index (χ1v) is 9.75. The molecular weight excluding hydrogens is 456 g/mol. The van der Waals surface area contributed by atoms with Crippen LogP contribution in [-0.2, 0) is 11.2 Å². The van der Waals surface area contributed by atoms with Crippen LogP contribution in [0.4, 0.5) is 14.5 Å². The largest absolute Gasteiger partial charge is 0.497 e. The Kier molecular flexibility index (Phi) is 6.63. The molecule has 6 nitrogen and oxygen atoms in total. The van der Waals surface area contributed by atoms with E-state index in [2.05, 4.69) is 31.4 Å². The molecule has 3 rings (SSSR count). The lowest BCUT2D eigenvalue weighted by Crippen LogP contribution is -2.15. The third-order valence-corrected chi connectivity index (χ3v) is 5.00. The van der Waals surface area contributed by atoms with Crippen molar-refractivity contribution in [3.05, 3.63) is 64.0 Å². The summed E-state index contributed by atoms with van der Waals surface area (Å²) in [4.78, 5) is 12.0. The SMILES string of the molecule is COc1ccc(Cc2nnc(SCC(=O)Nc3c(F)cc(F)cc3Br)o2)cc1. The molecule has 0 aliphatic carbocycles. The van der Waals surface area contributed by atoms with Gasteiger partial charge in [-0.25, -0.2) is 8.78 Å². The molecule has 0 fully saturated rings. The van der Waals surface area contributed by atoms with Crippen LogP contribution in [0, 0.1) is 11.6 Å². The van der Waals surface area contributed by atoms with Crippen molar-refractivity contribution in [2.24, 2.45) is 0 Å². The summed E-state index contributed by atoms with van der Waals surface area (Å²) in [6.07, 6.45) is 0.442. The number of carbonyl (C=O) groups is 1. The molecule has 1 amide bonds. The first kappa shape index (κ1) is 20.3. The Morgan fingerprint density at radius 1 is 1.25 bits per heavy atom. The van der Waals surface area contributed by atoms with Gasteiger partial charge in [0.15, 0.2) is 5.82 Å². The van der Waals surface area contributed by atoms with Gasteiger partial charge in [0.05, 0.1) is 25.0 Å². The van der Waals surface area contributed by atoms with Gasteiger partial charge < -0.3 is 14.5 Å². The molecule has 1 N–H and O–H groups in total. The Morgan fingerprint density at radius 2 is 2.00 bits per heavy atom. The number of thioether (sulfide) groups is 1. The van der Waals surface area contributed by atoms with Crippen LogP contribution in [-0.4, -0.2) is 29.0 Å². The monoisotopic (exact) mass is 469 g/mol. The van der Waals surface area contributed by atoms with E-state index < -0.39 is 17.5 Å². The molecule has 2 aromatic carbocycles. The zero-order chi connectivity index (χ0) is 20.1. The maximum absolute atomic E-state index is 13.8. The number of anilines is 1. The molecule has 0 saturated heterocycles. The molecule has 0 aliphatic heterocycles. The van der Waals surface area contributed by atoms with E-state index in [4.69, 9.17) is 9.15 Å². The molecule has 1 aromatic heterocycles. The molecule has 0 aliphatic rings. The summed E-state index contributed by atoms with van der Waals surface area (Å²) in [5.41, 5.74) is 0.841. The summed E-state index contributed by atoms with van der Waals surface area (Å²) in [5.74, 6) is -1.03. The molecule has 0 atom stereocenters. The second-order valence-corrected chi connectivity index (χ2v) is 7.35. The Morgan fingerprint density at radius 3 is 2.68 bits per heavy atom. The first-order chi connectivity index (χ1) is 13.4. The lowest BCUT2D eigenvalue weighted by atomic mass is 10.1. The molecule has 0 spiro atoms. The average Bonchev–Trinajstić information content (AvgIpc) is 3.11. The van der Waals surface area contributed by atoms with E-state index in [1.807, 2.05) is 24.3 Å². The maximum atomic E-state index is 13.8. The topological polar surface area (TPSA) is 77.2 Å². The first-order valence-electron chi connectivity index (χ1n) is 7.97. The van der Waals surface area contributed by atoms with Gasteiger partial charge in [0.25, 0.3) is 5.22 Å².